The van der Waals surface area contributed by atoms with Gasteiger partial charge in [0.1, 0.15) is 29.8 Å². The second kappa shape index (κ2) is 22.8. The van der Waals surface area contributed by atoms with E-state index in [1.807, 2.05) is 6.92 Å². The molecule has 1 aliphatic heterocycles. The Kier molecular flexibility index (Phi) is 19.3. The van der Waals surface area contributed by atoms with Crippen LogP contribution in [-0.4, -0.2) is 82.9 Å². The summed E-state index contributed by atoms with van der Waals surface area (Å²) in [5, 5.41) is 5.51. The van der Waals surface area contributed by atoms with Gasteiger partial charge in [0.15, 0.2) is 11.6 Å². The van der Waals surface area contributed by atoms with Crippen LogP contribution in [0.4, 0.5) is 10.2 Å². The molecule has 0 aromatic carbocycles. The normalized spacial score (nSPS) is 16.6. The molecule has 17 heteroatoms. The number of rotatable bonds is 24. The number of carbonyl (C=O) groups is 6. The fourth-order valence-corrected chi connectivity index (χ4v) is 6.21. The molecule has 0 spiro atoms. The van der Waals surface area contributed by atoms with Gasteiger partial charge in [-0.05, 0) is 39.0 Å². The van der Waals surface area contributed by atoms with Crippen LogP contribution in [0.5, 0.6) is 0 Å². The number of ketones is 2. The summed E-state index contributed by atoms with van der Waals surface area (Å²) in [7, 11) is 1.27. The number of hydrogen-bond donors (Lipinski definition) is 3. The van der Waals surface area contributed by atoms with Gasteiger partial charge in [0.25, 0.3) is 0 Å². The number of carbonyl (C=O) groups excluding carboxylic acids is 6. The molecule has 0 saturated carbocycles. The molecule has 15 nitrogen and oxygen atoms in total. The number of anilines is 1. The summed E-state index contributed by atoms with van der Waals surface area (Å²) in [6.45, 7) is 4.13. The zero-order chi connectivity index (χ0) is 37.1. The molecular weight excluding hydrogens is 677 g/mol. The summed E-state index contributed by atoms with van der Waals surface area (Å²) in [5.41, 5.74) is 3.97. The van der Waals surface area contributed by atoms with Crippen LogP contribution in [0.15, 0.2) is 11.0 Å². The van der Waals surface area contributed by atoms with Gasteiger partial charge in [0.2, 0.25) is 11.8 Å². The molecule has 0 bridgehead atoms. The zero-order valence-corrected chi connectivity index (χ0v) is 29.9. The average molecular weight is 728 g/mol. The Morgan fingerprint density at radius 2 is 1.60 bits per heavy atom. The molecule has 0 aliphatic carbocycles. The Hall–Kier alpha value is -3.86. The number of hydrogen-bond acceptors (Lipinski definition) is 13. The third-order valence-electron chi connectivity index (χ3n) is 8.27. The molecule has 2 heterocycles. The van der Waals surface area contributed by atoms with E-state index < -0.39 is 40.9 Å². The molecule has 1 aromatic heterocycles. The van der Waals surface area contributed by atoms with Gasteiger partial charge in [-0.25, -0.2) is 9.18 Å². The Bertz CT molecular complexity index is 1380. The first-order valence-corrected chi connectivity index (χ1v) is 18.0. The van der Waals surface area contributed by atoms with Crippen LogP contribution in [0.1, 0.15) is 97.1 Å². The molecule has 1 aliphatic rings. The number of esters is 2. The van der Waals surface area contributed by atoms with Crippen molar-refractivity contribution in [3.63, 3.8) is 0 Å². The molecule has 50 heavy (non-hydrogen) atoms. The van der Waals surface area contributed by atoms with E-state index in [4.69, 9.17) is 15.2 Å². The third kappa shape index (κ3) is 15.8. The molecule has 1 saturated heterocycles. The third-order valence-corrected chi connectivity index (χ3v) is 9.37. The number of nitrogens with zero attached hydrogens (tertiary/aromatic N) is 2. The lowest BCUT2D eigenvalue weighted by Gasteiger charge is -2.18. The summed E-state index contributed by atoms with van der Waals surface area (Å²) < 4.78 is 30.1. The number of Topliss-reactive ketones (excluding diaryl/α,β-unsaturated/α-hetero) is 2. The Morgan fingerprint density at radius 1 is 1.00 bits per heavy atom. The van der Waals surface area contributed by atoms with Crippen molar-refractivity contribution in [2.24, 2.45) is 11.8 Å². The van der Waals surface area contributed by atoms with Gasteiger partial charge in [-0.1, -0.05) is 19.8 Å². The SMILES string of the molecule is CCC(CCCCNC(=O)CCC(=O)OC[C@@H]1O[C@H](n2cc(F)c(N)nc2=O)CS1)C(=O)CC(CCCCNC(=O)CCC(=O)OC)C(C)=O. The van der Waals surface area contributed by atoms with E-state index in [0.717, 1.165) is 10.8 Å². The summed E-state index contributed by atoms with van der Waals surface area (Å²) in [6.07, 6.45) is 4.72. The van der Waals surface area contributed by atoms with Gasteiger partial charge in [-0.2, -0.15) is 4.98 Å². The quantitative estimate of drug-likeness (QED) is 0.103. The van der Waals surface area contributed by atoms with Crippen LogP contribution in [0.2, 0.25) is 0 Å². The van der Waals surface area contributed by atoms with E-state index in [1.165, 1.54) is 25.8 Å². The van der Waals surface area contributed by atoms with Crippen LogP contribution in [0.3, 0.4) is 0 Å². The molecule has 2 rings (SSSR count). The molecular formula is C33H50FN5O10S. The van der Waals surface area contributed by atoms with Crippen molar-refractivity contribution in [2.75, 3.05) is 38.3 Å². The van der Waals surface area contributed by atoms with Crippen LogP contribution >= 0.6 is 11.8 Å². The second-order valence-electron chi connectivity index (χ2n) is 12.1. The van der Waals surface area contributed by atoms with E-state index in [9.17, 15) is 38.0 Å². The zero-order valence-electron chi connectivity index (χ0n) is 29.0. The van der Waals surface area contributed by atoms with Crippen LogP contribution in [0, 0.1) is 17.7 Å². The van der Waals surface area contributed by atoms with Gasteiger partial charge < -0.3 is 30.6 Å². The first-order valence-electron chi connectivity index (χ1n) is 16.9. The molecule has 2 amide bonds. The highest BCUT2D eigenvalue weighted by Gasteiger charge is 2.30. The Labute approximate surface area is 295 Å². The van der Waals surface area contributed by atoms with E-state index >= 15 is 0 Å². The lowest BCUT2D eigenvalue weighted by Crippen LogP contribution is -2.30. The van der Waals surface area contributed by atoms with Gasteiger partial charge in [0, 0.05) is 49.9 Å². The molecule has 280 valence electrons. The second-order valence-corrected chi connectivity index (χ2v) is 13.2. The van der Waals surface area contributed by atoms with Crippen LogP contribution in [0.25, 0.3) is 0 Å². The highest BCUT2D eigenvalue weighted by Crippen LogP contribution is 2.31. The van der Waals surface area contributed by atoms with E-state index in [2.05, 4.69) is 20.4 Å². The smallest absolute Gasteiger partial charge is 0.351 e. The number of nitrogens with one attached hydrogen (secondary N) is 2. The molecule has 4 N–H and O–H groups in total. The summed E-state index contributed by atoms with van der Waals surface area (Å²) in [5.74, 6) is -3.15. The number of nitrogen functional groups attached to an aromatic ring is 1. The van der Waals surface area contributed by atoms with Gasteiger partial charge >= 0.3 is 17.6 Å². The topological polar surface area (TPSA) is 215 Å². The minimum Gasteiger partial charge on any atom is -0.469 e. The Morgan fingerprint density at radius 3 is 2.18 bits per heavy atom. The van der Waals surface area contributed by atoms with Crippen molar-refractivity contribution in [2.45, 2.75) is 103 Å². The molecule has 2 unspecified atom stereocenters. The van der Waals surface area contributed by atoms with Gasteiger partial charge in [-0.3, -0.25) is 33.3 Å². The number of nitrogens with two attached hydrogens (primary N) is 1. The Balaban J connectivity index is 1.57. The lowest BCUT2D eigenvalue weighted by molar-refractivity contribution is -0.148. The fourth-order valence-electron chi connectivity index (χ4n) is 5.22. The largest absolute Gasteiger partial charge is 0.469 e. The van der Waals surface area contributed by atoms with E-state index in [0.29, 0.717) is 63.8 Å². The summed E-state index contributed by atoms with van der Waals surface area (Å²) in [4.78, 5) is 87.9. The standard InChI is InChI=1S/C33H50FN5O10S/c1-4-22(25(41)17-23(21(2)40)10-6-8-16-36-26(42)11-13-29(44)47-3)9-5-7-15-37-27(43)12-14-30(45)48-19-31-49-28(20-50-31)39-18-24(34)32(35)38-33(39)46/h18,22-23,28,31H,4-17,19-20H2,1-3H3,(H,36,42)(H,37,43)(H2,35,38,46)/t22?,23?,28-,31+/m0/s1. The van der Waals surface area contributed by atoms with E-state index in [-0.39, 0.29) is 73.9 Å². The number of unbranched alkanes of at least 4 members (excludes halogenated alkanes) is 2. The van der Waals surface area contributed by atoms with Crippen LogP contribution < -0.4 is 22.1 Å². The van der Waals surface area contributed by atoms with Crippen molar-refractivity contribution >= 4 is 52.9 Å². The number of thioether (sulfide) groups is 1. The molecule has 0 radical (unpaired) electrons. The van der Waals surface area contributed by atoms with Gasteiger partial charge in [0.05, 0.1) is 26.1 Å². The maximum Gasteiger partial charge on any atom is 0.351 e. The number of halogens is 1. The number of methoxy groups -OCH3 is 1. The summed E-state index contributed by atoms with van der Waals surface area (Å²) >= 11 is 1.29. The predicted molar refractivity (Wildman–Crippen MR) is 182 cm³/mol. The fraction of sp³-hybridized carbons (Fsp3) is 0.697. The van der Waals surface area contributed by atoms with E-state index in [1.54, 1.807) is 0 Å². The first-order chi connectivity index (χ1) is 23.8. The maximum absolute atomic E-state index is 13.7. The van der Waals surface area contributed by atoms with Crippen molar-refractivity contribution in [3.05, 3.63) is 22.5 Å². The number of amides is 2. The predicted octanol–water partition coefficient (Wildman–Crippen LogP) is 2.59. The van der Waals surface area contributed by atoms with Crippen molar-refractivity contribution < 1.29 is 47.4 Å². The number of aromatic nitrogens is 2. The molecule has 1 aromatic rings. The number of ether oxygens (including phenoxy) is 3. The van der Waals surface area contributed by atoms with Crippen molar-refractivity contribution in [1.82, 2.24) is 20.2 Å². The minimum absolute atomic E-state index is 0.0205. The molecule has 1 fully saturated rings. The monoisotopic (exact) mass is 727 g/mol. The van der Waals surface area contributed by atoms with Gasteiger partial charge in [-0.15, -0.1) is 11.8 Å². The lowest BCUT2D eigenvalue weighted by atomic mass is 9.85. The highest BCUT2D eigenvalue weighted by molar-refractivity contribution is 8.00. The average Bonchev–Trinajstić information content (AvgIpc) is 3.56. The summed E-state index contributed by atoms with van der Waals surface area (Å²) in [6, 6.07) is 0. The highest BCUT2D eigenvalue weighted by atomic mass is 32.2. The van der Waals surface area contributed by atoms with Crippen LogP contribution in [-0.2, 0) is 43.0 Å². The minimum atomic E-state index is -0.845. The maximum atomic E-state index is 13.7. The van der Waals surface area contributed by atoms with Crippen molar-refractivity contribution in [1.29, 1.82) is 0 Å². The first kappa shape index (κ1) is 42.3. The van der Waals surface area contributed by atoms with Crippen molar-refractivity contribution in [3.8, 4) is 0 Å². The molecule has 4 atom stereocenters.